The zero-order valence-electron chi connectivity index (χ0n) is 17.8. The summed E-state index contributed by atoms with van der Waals surface area (Å²) < 4.78 is 5.46. The number of hydrogen-bond donors (Lipinski definition) is 2. The van der Waals surface area contributed by atoms with Gasteiger partial charge in [0.05, 0.1) is 18.4 Å². The van der Waals surface area contributed by atoms with E-state index in [1.807, 2.05) is 36.4 Å². The third-order valence-electron chi connectivity index (χ3n) is 6.04. The molecule has 0 bridgehead atoms. The smallest absolute Gasteiger partial charge is 0.256 e. The molecular formula is C26H28N2O3. The molecule has 0 spiro atoms. The lowest BCUT2D eigenvalue weighted by molar-refractivity contribution is 0.0944. The minimum absolute atomic E-state index is 0.197. The van der Waals surface area contributed by atoms with E-state index < -0.39 is 0 Å². The van der Waals surface area contributed by atoms with Gasteiger partial charge < -0.3 is 15.4 Å². The fourth-order valence-electron chi connectivity index (χ4n) is 4.35. The number of ether oxygens (including phenoxy) is 1. The number of carbonyl (C=O) groups is 2. The van der Waals surface area contributed by atoms with Crippen LogP contribution in [0.4, 0.5) is 5.69 Å². The highest BCUT2D eigenvalue weighted by Gasteiger charge is 2.21. The number of fused-ring (bicyclic) bond motifs is 1. The van der Waals surface area contributed by atoms with E-state index in [2.05, 4.69) is 10.6 Å². The van der Waals surface area contributed by atoms with Crippen molar-refractivity contribution in [3.63, 3.8) is 0 Å². The van der Waals surface area contributed by atoms with E-state index in [-0.39, 0.29) is 11.8 Å². The second-order valence-corrected chi connectivity index (χ2v) is 8.08. The Labute approximate surface area is 182 Å². The van der Waals surface area contributed by atoms with E-state index in [0.29, 0.717) is 35.0 Å². The molecule has 0 atom stereocenters. The maximum absolute atomic E-state index is 13.2. The number of amides is 2. The first-order chi connectivity index (χ1) is 15.2. The van der Waals surface area contributed by atoms with Gasteiger partial charge in [-0.15, -0.1) is 0 Å². The molecule has 0 heterocycles. The molecule has 160 valence electrons. The van der Waals surface area contributed by atoms with Crippen LogP contribution in [-0.2, 0) is 0 Å². The molecule has 1 aliphatic rings. The molecule has 0 saturated heterocycles. The summed E-state index contributed by atoms with van der Waals surface area (Å²) >= 11 is 0. The van der Waals surface area contributed by atoms with Gasteiger partial charge in [0.1, 0.15) is 5.75 Å². The van der Waals surface area contributed by atoms with Crippen molar-refractivity contribution in [2.75, 3.05) is 19.0 Å². The first-order valence-electron chi connectivity index (χ1n) is 10.9. The minimum Gasteiger partial charge on any atom is -0.495 e. The lowest BCUT2D eigenvalue weighted by Crippen LogP contribution is -2.31. The molecule has 2 amide bonds. The van der Waals surface area contributed by atoms with Crippen molar-refractivity contribution < 1.29 is 14.3 Å². The summed E-state index contributed by atoms with van der Waals surface area (Å²) in [5, 5.41) is 7.84. The summed E-state index contributed by atoms with van der Waals surface area (Å²) in [5.74, 6) is 0.510. The number of anilines is 1. The summed E-state index contributed by atoms with van der Waals surface area (Å²) in [5.41, 5.74) is 1.35. The quantitative estimate of drug-likeness (QED) is 0.564. The van der Waals surface area contributed by atoms with Crippen molar-refractivity contribution in [1.29, 1.82) is 0 Å². The van der Waals surface area contributed by atoms with E-state index >= 15 is 0 Å². The Bertz CT molecular complexity index is 1080. The van der Waals surface area contributed by atoms with E-state index in [1.54, 1.807) is 24.3 Å². The van der Waals surface area contributed by atoms with Crippen LogP contribution in [0.25, 0.3) is 10.8 Å². The molecule has 1 fully saturated rings. The highest BCUT2D eigenvalue weighted by molar-refractivity contribution is 6.15. The van der Waals surface area contributed by atoms with Gasteiger partial charge in [0.2, 0.25) is 0 Å². The molecule has 3 aromatic rings. The molecule has 0 unspecified atom stereocenters. The van der Waals surface area contributed by atoms with Crippen LogP contribution in [0.3, 0.4) is 0 Å². The van der Waals surface area contributed by atoms with Crippen LogP contribution in [0.2, 0.25) is 0 Å². The monoisotopic (exact) mass is 416 g/mol. The van der Waals surface area contributed by atoms with Gasteiger partial charge in [-0.3, -0.25) is 9.59 Å². The zero-order valence-corrected chi connectivity index (χ0v) is 17.8. The predicted molar refractivity (Wildman–Crippen MR) is 124 cm³/mol. The maximum atomic E-state index is 13.2. The van der Waals surface area contributed by atoms with Crippen LogP contribution < -0.4 is 15.4 Å². The van der Waals surface area contributed by atoms with E-state index in [1.165, 1.54) is 26.4 Å². The van der Waals surface area contributed by atoms with Crippen LogP contribution in [0, 0.1) is 5.92 Å². The summed E-state index contributed by atoms with van der Waals surface area (Å²) in [6.45, 7) is 0.659. The molecule has 5 nitrogen and oxygen atoms in total. The topological polar surface area (TPSA) is 67.4 Å². The van der Waals surface area contributed by atoms with Gasteiger partial charge in [0.25, 0.3) is 11.8 Å². The Kier molecular flexibility index (Phi) is 6.51. The normalized spacial score (nSPS) is 14.2. The Hall–Kier alpha value is -3.34. The van der Waals surface area contributed by atoms with Gasteiger partial charge in [0, 0.05) is 12.1 Å². The lowest BCUT2D eigenvalue weighted by Gasteiger charge is -2.22. The van der Waals surface area contributed by atoms with Crippen LogP contribution >= 0.6 is 0 Å². The number of carbonyl (C=O) groups excluding carboxylic acids is 2. The van der Waals surface area contributed by atoms with E-state index in [9.17, 15) is 9.59 Å². The second-order valence-electron chi connectivity index (χ2n) is 8.08. The lowest BCUT2D eigenvalue weighted by atomic mass is 9.89. The van der Waals surface area contributed by atoms with Crippen molar-refractivity contribution in [3.8, 4) is 5.75 Å². The van der Waals surface area contributed by atoms with Gasteiger partial charge in [-0.25, -0.2) is 0 Å². The van der Waals surface area contributed by atoms with E-state index in [4.69, 9.17) is 4.74 Å². The number of methoxy groups -OCH3 is 1. The van der Waals surface area contributed by atoms with Gasteiger partial charge in [-0.1, -0.05) is 61.7 Å². The Morgan fingerprint density at radius 2 is 1.58 bits per heavy atom. The zero-order chi connectivity index (χ0) is 21.6. The summed E-state index contributed by atoms with van der Waals surface area (Å²) in [6.07, 6.45) is 6.05. The largest absolute Gasteiger partial charge is 0.495 e. The fraction of sp³-hybridized carbons (Fsp3) is 0.308. The average molecular weight is 417 g/mol. The van der Waals surface area contributed by atoms with Gasteiger partial charge >= 0.3 is 0 Å². The first-order valence-corrected chi connectivity index (χ1v) is 10.9. The number of benzene rings is 3. The molecular weight excluding hydrogens is 388 g/mol. The van der Waals surface area contributed by atoms with Crippen molar-refractivity contribution in [2.45, 2.75) is 32.1 Å². The van der Waals surface area contributed by atoms with Crippen molar-refractivity contribution in [2.24, 2.45) is 5.92 Å². The summed E-state index contributed by atoms with van der Waals surface area (Å²) in [7, 11) is 1.53. The predicted octanol–water partition coefficient (Wildman–Crippen LogP) is 5.41. The molecule has 0 aliphatic heterocycles. The molecule has 2 N–H and O–H groups in total. The molecule has 3 aromatic carbocycles. The van der Waals surface area contributed by atoms with Crippen LogP contribution in [0.1, 0.15) is 52.8 Å². The van der Waals surface area contributed by atoms with Crippen LogP contribution in [0.15, 0.2) is 60.7 Å². The molecule has 31 heavy (non-hydrogen) atoms. The van der Waals surface area contributed by atoms with E-state index in [0.717, 1.165) is 23.6 Å². The third kappa shape index (κ3) is 4.71. The van der Waals surface area contributed by atoms with Gasteiger partial charge in [0.15, 0.2) is 0 Å². The van der Waals surface area contributed by atoms with Crippen LogP contribution in [-0.4, -0.2) is 25.5 Å². The molecule has 1 aliphatic carbocycles. The Morgan fingerprint density at radius 3 is 2.39 bits per heavy atom. The molecule has 0 radical (unpaired) electrons. The van der Waals surface area contributed by atoms with Crippen LogP contribution in [0.5, 0.6) is 5.75 Å². The standard InChI is InChI=1S/C26H28N2O3/c1-31-23-16-8-15-22(25(29)27-17-18-9-3-2-4-10-18)24(23)28-26(30)21-14-7-12-19-11-5-6-13-20(19)21/h5-8,11-16,18H,2-4,9-10,17H2,1H3,(H,27,29)(H,28,30). The Balaban J connectivity index is 1.58. The van der Waals surface area contributed by atoms with Gasteiger partial charge in [-0.05, 0) is 47.7 Å². The Morgan fingerprint density at radius 1 is 0.871 bits per heavy atom. The molecule has 4 rings (SSSR count). The molecule has 1 saturated carbocycles. The molecule has 0 aromatic heterocycles. The van der Waals surface area contributed by atoms with Crippen molar-refractivity contribution in [1.82, 2.24) is 5.32 Å². The SMILES string of the molecule is COc1cccc(C(=O)NCC2CCCCC2)c1NC(=O)c1cccc2ccccc12. The average Bonchev–Trinajstić information content (AvgIpc) is 2.82. The van der Waals surface area contributed by atoms with Crippen molar-refractivity contribution in [3.05, 3.63) is 71.8 Å². The highest BCUT2D eigenvalue weighted by atomic mass is 16.5. The summed E-state index contributed by atoms with van der Waals surface area (Å²) in [6, 6.07) is 18.6. The fourth-order valence-corrected chi connectivity index (χ4v) is 4.35. The second kappa shape index (κ2) is 9.65. The maximum Gasteiger partial charge on any atom is 0.256 e. The minimum atomic E-state index is -0.275. The molecule has 5 heteroatoms. The number of rotatable bonds is 6. The first kappa shape index (κ1) is 20.9. The van der Waals surface area contributed by atoms with Crippen molar-refractivity contribution >= 4 is 28.3 Å². The summed E-state index contributed by atoms with van der Waals surface area (Å²) in [4.78, 5) is 26.2. The highest BCUT2D eigenvalue weighted by Crippen LogP contribution is 2.30. The number of hydrogen-bond acceptors (Lipinski definition) is 3. The number of para-hydroxylation sites is 1. The number of nitrogens with one attached hydrogen (secondary N) is 2. The third-order valence-corrected chi connectivity index (χ3v) is 6.04. The van der Waals surface area contributed by atoms with Gasteiger partial charge in [-0.2, -0.15) is 0 Å².